The Morgan fingerprint density at radius 3 is 2.25 bits per heavy atom. The lowest BCUT2D eigenvalue weighted by Gasteiger charge is -2.41. The minimum atomic E-state index is 0.162. The summed E-state index contributed by atoms with van der Waals surface area (Å²) in [5.41, 5.74) is 0.594. The van der Waals surface area contributed by atoms with E-state index in [1.807, 2.05) is 0 Å². The van der Waals surface area contributed by atoms with E-state index in [1.165, 1.54) is 19.3 Å². The van der Waals surface area contributed by atoms with Crippen LogP contribution in [-0.4, -0.2) is 24.3 Å². The van der Waals surface area contributed by atoms with E-state index in [2.05, 4.69) is 60.7 Å². The lowest BCUT2D eigenvalue weighted by atomic mass is 9.71. The topological polar surface area (TPSA) is 21.3 Å². The highest BCUT2D eigenvalue weighted by atomic mass is 16.5. The molecule has 1 aliphatic rings. The molecule has 0 aromatic carbocycles. The zero-order chi connectivity index (χ0) is 15.6. The summed E-state index contributed by atoms with van der Waals surface area (Å²) in [6.07, 6.45) is 4.51. The molecule has 2 nitrogen and oxygen atoms in total. The molecule has 1 aliphatic carbocycles. The first kappa shape index (κ1) is 18.0. The summed E-state index contributed by atoms with van der Waals surface area (Å²) in [6.45, 7) is 19.3. The molecule has 120 valence electrons. The molecule has 3 unspecified atom stereocenters. The average molecular weight is 284 g/mol. The van der Waals surface area contributed by atoms with E-state index in [9.17, 15) is 0 Å². The number of hydrogen-bond donors (Lipinski definition) is 1. The van der Waals surface area contributed by atoms with E-state index in [0.717, 1.165) is 12.5 Å². The Kier molecular flexibility index (Phi) is 6.10. The molecule has 0 saturated heterocycles. The Hall–Kier alpha value is -0.0800. The van der Waals surface area contributed by atoms with Crippen molar-refractivity contribution in [2.24, 2.45) is 17.3 Å². The Morgan fingerprint density at radius 2 is 1.80 bits per heavy atom. The molecule has 1 saturated carbocycles. The van der Waals surface area contributed by atoms with E-state index in [4.69, 9.17) is 4.74 Å². The van der Waals surface area contributed by atoms with Gasteiger partial charge in [-0.15, -0.1) is 0 Å². The van der Waals surface area contributed by atoms with Crippen LogP contribution >= 0.6 is 0 Å². The number of nitrogens with one attached hydrogen (secondary N) is 1. The van der Waals surface area contributed by atoms with E-state index in [-0.39, 0.29) is 5.54 Å². The highest BCUT2D eigenvalue weighted by Crippen LogP contribution is 2.40. The first-order valence-corrected chi connectivity index (χ1v) is 8.39. The summed E-state index contributed by atoms with van der Waals surface area (Å²) in [5, 5.41) is 3.60. The maximum absolute atomic E-state index is 6.49. The SMILES string of the molecule is CC1CC(OC(CNC(C)(C)C)C(C)C)CC(C)(C)C1. The van der Waals surface area contributed by atoms with Crippen LogP contribution in [0.25, 0.3) is 0 Å². The fourth-order valence-corrected chi connectivity index (χ4v) is 3.46. The molecule has 0 spiro atoms. The zero-order valence-electron chi connectivity index (χ0n) is 15.0. The van der Waals surface area contributed by atoms with Gasteiger partial charge in [0.1, 0.15) is 0 Å². The molecule has 3 atom stereocenters. The molecule has 1 N–H and O–H groups in total. The van der Waals surface area contributed by atoms with Crippen molar-refractivity contribution >= 4 is 0 Å². The monoisotopic (exact) mass is 283 g/mol. The van der Waals surface area contributed by atoms with Crippen molar-refractivity contribution in [2.45, 2.75) is 92.4 Å². The summed E-state index contributed by atoms with van der Waals surface area (Å²) in [6, 6.07) is 0. The summed E-state index contributed by atoms with van der Waals surface area (Å²) in [7, 11) is 0. The van der Waals surface area contributed by atoms with Crippen molar-refractivity contribution in [1.82, 2.24) is 5.32 Å². The minimum Gasteiger partial charge on any atom is -0.373 e. The van der Waals surface area contributed by atoms with Gasteiger partial charge in [-0.2, -0.15) is 0 Å². The van der Waals surface area contributed by atoms with Crippen molar-refractivity contribution in [1.29, 1.82) is 0 Å². The van der Waals surface area contributed by atoms with Crippen LogP contribution in [0, 0.1) is 17.3 Å². The smallest absolute Gasteiger partial charge is 0.0726 e. The number of ether oxygens (including phenoxy) is 1. The fourth-order valence-electron chi connectivity index (χ4n) is 3.46. The Bertz CT molecular complexity index is 290. The second-order valence-electron chi connectivity index (χ2n) is 9.08. The van der Waals surface area contributed by atoms with Crippen LogP contribution in [-0.2, 0) is 4.74 Å². The third-order valence-corrected chi connectivity index (χ3v) is 4.29. The fraction of sp³-hybridized carbons (Fsp3) is 1.00. The first-order chi connectivity index (χ1) is 8.98. The highest BCUT2D eigenvalue weighted by molar-refractivity contribution is 4.85. The van der Waals surface area contributed by atoms with Crippen molar-refractivity contribution < 1.29 is 4.74 Å². The predicted octanol–water partition coefficient (Wildman–Crippen LogP) is 4.63. The molecule has 0 aromatic heterocycles. The zero-order valence-corrected chi connectivity index (χ0v) is 15.0. The molecule has 0 heterocycles. The van der Waals surface area contributed by atoms with Crippen LogP contribution in [0.5, 0.6) is 0 Å². The van der Waals surface area contributed by atoms with Gasteiger partial charge in [-0.05, 0) is 57.3 Å². The van der Waals surface area contributed by atoms with Crippen molar-refractivity contribution in [3.05, 3.63) is 0 Å². The van der Waals surface area contributed by atoms with Crippen LogP contribution in [0.1, 0.15) is 74.7 Å². The van der Waals surface area contributed by atoms with E-state index >= 15 is 0 Å². The van der Waals surface area contributed by atoms with Gasteiger partial charge in [0.25, 0.3) is 0 Å². The van der Waals surface area contributed by atoms with Gasteiger partial charge in [0.15, 0.2) is 0 Å². The summed E-state index contributed by atoms with van der Waals surface area (Å²) in [5.74, 6) is 1.34. The standard InChI is InChI=1S/C18H37NO/c1-13(2)16(12-19-17(4,5)6)20-15-9-14(3)10-18(7,8)11-15/h13-16,19H,9-12H2,1-8H3. The van der Waals surface area contributed by atoms with Gasteiger partial charge >= 0.3 is 0 Å². The third-order valence-electron chi connectivity index (χ3n) is 4.29. The summed E-state index contributed by atoms with van der Waals surface area (Å²) < 4.78 is 6.49. The molecular formula is C18H37NO. The van der Waals surface area contributed by atoms with Gasteiger partial charge in [0.05, 0.1) is 12.2 Å². The minimum absolute atomic E-state index is 0.162. The summed E-state index contributed by atoms with van der Waals surface area (Å²) >= 11 is 0. The molecule has 0 amide bonds. The van der Waals surface area contributed by atoms with Crippen molar-refractivity contribution in [3.8, 4) is 0 Å². The average Bonchev–Trinajstić information content (AvgIpc) is 2.19. The molecule has 0 radical (unpaired) electrons. The first-order valence-electron chi connectivity index (χ1n) is 8.39. The Balaban J connectivity index is 2.57. The van der Waals surface area contributed by atoms with Crippen LogP contribution < -0.4 is 5.32 Å². The predicted molar refractivity (Wildman–Crippen MR) is 88.1 cm³/mol. The molecule has 2 heteroatoms. The maximum atomic E-state index is 6.49. The molecule has 1 rings (SSSR count). The normalized spacial score (nSPS) is 28.6. The summed E-state index contributed by atoms with van der Waals surface area (Å²) in [4.78, 5) is 0. The molecule has 0 aliphatic heterocycles. The van der Waals surface area contributed by atoms with Crippen LogP contribution in [0.15, 0.2) is 0 Å². The maximum Gasteiger partial charge on any atom is 0.0726 e. The van der Waals surface area contributed by atoms with Crippen LogP contribution in [0.2, 0.25) is 0 Å². The Labute approximate surface area is 127 Å². The van der Waals surface area contributed by atoms with Crippen molar-refractivity contribution in [3.63, 3.8) is 0 Å². The molecular weight excluding hydrogens is 246 g/mol. The van der Waals surface area contributed by atoms with E-state index < -0.39 is 0 Å². The lowest BCUT2D eigenvalue weighted by Crippen LogP contribution is -2.45. The third kappa shape index (κ3) is 6.58. The van der Waals surface area contributed by atoms with Gasteiger partial charge < -0.3 is 10.1 Å². The number of rotatable bonds is 5. The quantitative estimate of drug-likeness (QED) is 0.794. The van der Waals surface area contributed by atoms with Gasteiger partial charge in [0, 0.05) is 12.1 Å². The lowest BCUT2D eigenvalue weighted by molar-refractivity contribution is -0.0813. The van der Waals surface area contributed by atoms with Gasteiger partial charge in [-0.1, -0.05) is 34.6 Å². The number of hydrogen-bond acceptors (Lipinski definition) is 2. The Morgan fingerprint density at radius 1 is 1.20 bits per heavy atom. The van der Waals surface area contributed by atoms with Gasteiger partial charge in [-0.25, -0.2) is 0 Å². The van der Waals surface area contributed by atoms with E-state index in [1.54, 1.807) is 0 Å². The second-order valence-corrected chi connectivity index (χ2v) is 9.08. The van der Waals surface area contributed by atoms with Gasteiger partial charge in [0.2, 0.25) is 0 Å². The largest absolute Gasteiger partial charge is 0.373 e. The van der Waals surface area contributed by atoms with Crippen LogP contribution in [0.3, 0.4) is 0 Å². The van der Waals surface area contributed by atoms with Crippen LogP contribution in [0.4, 0.5) is 0 Å². The molecule has 0 bridgehead atoms. The molecule has 20 heavy (non-hydrogen) atoms. The highest BCUT2D eigenvalue weighted by Gasteiger charge is 2.34. The van der Waals surface area contributed by atoms with E-state index in [0.29, 0.717) is 23.5 Å². The van der Waals surface area contributed by atoms with Crippen molar-refractivity contribution in [2.75, 3.05) is 6.54 Å². The second kappa shape index (κ2) is 6.79. The van der Waals surface area contributed by atoms with Gasteiger partial charge in [-0.3, -0.25) is 0 Å². The molecule has 1 fully saturated rings. The molecule has 0 aromatic rings.